The highest BCUT2D eigenvalue weighted by molar-refractivity contribution is 8.77. The molecule has 2 aliphatic rings. The Hall–Kier alpha value is -8.27. The predicted octanol–water partition coefficient (Wildman–Crippen LogP) is -6.99. The standard InChI is InChI=1S/C53H82N20O15S4/c1-25(41(55)78)62-43(80)30(11-6-14-60-52(56)57)66-45(82)32(18-28-17-27-9-4-5-10-29(27)64-28)68-42(79)26(2)63-47(84)37-24-92-91-23-35(65-39(75)20-54)48(85)72-36(22-90-89-3)49(86)70-34(21-74)46(83)69-33(19-40(76)77)51(88)73-16-8-13-38(73)50(87)67-31(44(81)71-37)12-7-15-61-53(58)59/h4-5,9-10,17,25-26,30-38,64,74H,6-8,11-16,18-24,54H2,1-3H3,(H2,55,78)(H,62,80)(H,63,84)(H,65,75)(H,66,82)(H,67,87)(H,68,79)(H,69,83)(H,70,86)(H,71,81)(H,72,85)(H,76,77)(H4,56,57,60)(H4,58,59,61)/t25-,26-,30-,31-,32-,33-,34-,35-,36-,37-,38?/m0/s1. The number of amides is 12. The van der Waals surface area contributed by atoms with E-state index in [2.05, 4.69) is 68.1 Å². The molecule has 2 saturated heterocycles. The molecule has 39 heteroatoms. The van der Waals surface area contributed by atoms with Crippen LogP contribution in [0.5, 0.6) is 0 Å². The van der Waals surface area contributed by atoms with Crippen LogP contribution in [0.4, 0.5) is 0 Å². The van der Waals surface area contributed by atoms with E-state index in [9.17, 15) is 72.5 Å². The van der Waals surface area contributed by atoms with Gasteiger partial charge < -0.3 is 108 Å². The number of aliphatic hydroxyl groups is 1. The van der Waals surface area contributed by atoms with Crippen LogP contribution in [0.1, 0.15) is 64.5 Å². The van der Waals surface area contributed by atoms with Gasteiger partial charge in [0, 0.05) is 54.5 Å². The molecule has 3 heterocycles. The summed E-state index contributed by atoms with van der Waals surface area (Å²) in [6.07, 6.45) is 0.564. The Morgan fingerprint density at radius 2 is 1.34 bits per heavy atom. The number of benzene rings is 1. The van der Waals surface area contributed by atoms with E-state index in [1.807, 2.05) is 0 Å². The van der Waals surface area contributed by atoms with Crippen LogP contribution >= 0.6 is 43.2 Å². The number of rotatable bonds is 27. The van der Waals surface area contributed by atoms with Gasteiger partial charge in [0.2, 0.25) is 70.9 Å². The molecule has 11 atom stereocenters. The smallest absolute Gasteiger partial charge is 0.305 e. The molecule has 25 N–H and O–H groups in total. The van der Waals surface area contributed by atoms with Crippen molar-refractivity contribution in [3.63, 3.8) is 0 Å². The molecule has 2 fully saturated rings. The molecule has 0 spiro atoms. The first-order valence-electron chi connectivity index (χ1n) is 28.9. The number of nitrogens with one attached hydrogen (secondary N) is 11. The van der Waals surface area contributed by atoms with Gasteiger partial charge >= 0.3 is 5.97 Å². The molecule has 92 heavy (non-hydrogen) atoms. The molecule has 0 bridgehead atoms. The fourth-order valence-electron chi connectivity index (χ4n) is 9.15. The van der Waals surface area contributed by atoms with Gasteiger partial charge in [0.05, 0.1) is 19.6 Å². The van der Waals surface area contributed by atoms with Crippen molar-refractivity contribution in [1.82, 2.24) is 63.1 Å². The maximum atomic E-state index is 14.6. The van der Waals surface area contributed by atoms with Gasteiger partial charge in [0.25, 0.3) is 0 Å². The van der Waals surface area contributed by atoms with Gasteiger partial charge in [0.15, 0.2) is 11.9 Å². The second-order valence-electron chi connectivity index (χ2n) is 21.1. The number of aromatic amines is 1. The molecule has 1 unspecified atom stereocenters. The van der Waals surface area contributed by atoms with Crippen molar-refractivity contribution in [1.29, 1.82) is 0 Å². The van der Waals surface area contributed by atoms with E-state index in [1.165, 1.54) is 24.6 Å². The molecular formula is C53H82N20O15S4. The van der Waals surface area contributed by atoms with E-state index in [0.29, 0.717) is 11.2 Å². The van der Waals surface area contributed by atoms with Crippen LogP contribution in [0.2, 0.25) is 0 Å². The van der Waals surface area contributed by atoms with Crippen LogP contribution in [0, 0.1) is 0 Å². The van der Waals surface area contributed by atoms with Gasteiger partial charge in [-0.05, 0) is 76.1 Å². The van der Waals surface area contributed by atoms with E-state index < -0.39 is 163 Å². The first kappa shape index (κ1) is 76.2. The maximum absolute atomic E-state index is 14.6. The number of primary amides is 1. The lowest BCUT2D eigenvalue weighted by atomic mass is 10.1. The highest BCUT2D eigenvalue weighted by atomic mass is 33.1. The third-order valence-electron chi connectivity index (χ3n) is 14.0. The Kier molecular flexibility index (Phi) is 31.9. The Morgan fingerprint density at radius 3 is 1.98 bits per heavy atom. The van der Waals surface area contributed by atoms with Gasteiger partial charge in [-0.15, -0.1) is 0 Å². The lowest BCUT2D eigenvalue weighted by molar-refractivity contribution is -0.146. The van der Waals surface area contributed by atoms with Crippen molar-refractivity contribution >= 4 is 143 Å². The average molecular weight is 1370 g/mol. The number of fused-ring (bicyclic) bond motifs is 2. The third-order valence-corrected chi connectivity index (χ3v) is 18.2. The SMILES string of the molecule is CSSC[C@@H]1NC(=O)[C@@H](NC(=O)CN)CSSC[C@@H](C(=O)N[C@@H](C)C(=O)N[C@@H](Cc2cc3ccccc3[nH]2)C(=O)N[C@@H](CCCN=C(N)N)C(=O)N[C@@H](C)C(N)=O)NC(=O)[C@H](CCCN=C(N)N)NC(=O)C2CCCN2C(=O)[C@H](CC(=O)O)NC(=O)[C@H](CO)NC1=O. The fourth-order valence-corrected chi connectivity index (χ4v) is 12.8. The van der Waals surface area contributed by atoms with E-state index in [0.717, 1.165) is 42.7 Å². The van der Waals surface area contributed by atoms with E-state index in [-0.39, 0.29) is 93.8 Å². The minimum Gasteiger partial charge on any atom is -0.481 e. The number of aliphatic hydroxyl groups excluding tert-OH is 1. The number of hydrogen-bond donors (Lipinski definition) is 19. The number of nitrogens with two attached hydrogens (primary N) is 6. The van der Waals surface area contributed by atoms with Gasteiger partial charge in [-0.1, -0.05) is 61.4 Å². The second-order valence-corrected chi connectivity index (χ2v) is 26.3. The summed E-state index contributed by atoms with van der Waals surface area (Å²) in [6.45, 7) is 0.819. The number of H-pyrrole nitrogens is 1. The number of aliphatic carboxylic acids is 1. The van der Waals surface area contributed by atoms with Crippen LogP contribution < -0.4 is 87.6 Å². The molecule has 35 nitrogen and oxygen atoms in total. The van der Waals surface area contributed by atoms with Crippen LogP contribution in [-0.2, 0) is 68.7 Å². The number of carboxylic acid groups (broad SMARTS) is 1. The quantitative estimate of drug-likeness (QED) is 0.0171. The Balaban J connectivity index is 1.76. The Labute approximate surface area is 544 Å². The summed E-state index contributed by atoms with van der Waals surface area (Å²) in [6, 6.07) is -7.69. The maximum Gasteiger partial charge on any atom is 0.305 e. The van der Waals surface area contributed by atoms with Crippen LogP contribution in [0.15, 0.2) is 40.3 Å². The van der Waals surface area contributed by atoms with Crippen molar-refractivity contribution in [3.8, 4) is 0 Å². The van der Waals surface area contributed by atoms with Crippen molar-refractivity contribution in [2.45, 2.75) is 132 Å². The molecule has 0 saturated carbocycles. The number of nitrogens with zero attached hydrogens (tertiary/aromatic N) is 3. The molecule has 2 aliphatic heterocycles. The number of para-hydroxylation sites is 1. The zero-order valence-electron chi connectivity index (χ0n) is 50.7. The predicted molar refractivity (Wildman–Crippen MR) is 346 cm³/mol. The summed E-state index contributed by atoms with van der Waals surface area (Å²) < 4.78 is 0. The minimum atomic E-state index is -1.88. The summed E-state index contributed by atoms with van der Waals surface area (Å²) in [7, 11) is 4.10. The summed E-state index contributed by atoms with van der Waals surface area (Å²) in [5.41, 5.74) is 34.2. The fraction of sp³-hybridized carbons (Fsp3) is 0.566. The number of carbonyl (C=O) groups is 13. The van der Waals surface area contributed by atoms with Gasteiger partial charge in [-0.25, -0.2) is 0 Å². The van der Waals surface area contributed by atoms with Crippen molar-refractivity contribution in [2.24, 2.45) is 44.4 Å². The Morgan fingerprint density at radius 1 is 0.728 bits per heavy atom. The molecule has 2 aromatic rings. The summed E-state index contributed by atoms with van der Waals surface area (Å²) in [4.78, 5) is 191. The van der Waals surface area contributed by atoms with Crippen molar-refractivity contribution < 1.29 is 72.5 Å². The lowest BCUT2D eigenvalue weighted by Crippen LogP contribution is -2.61. The highest BCUT2D eigenvalue weighted by Gasteiger charge is 2.41. The van der Waals surface area contributed by atoms with Crippen molar-refractivity contribution in [3.05, 3.63) is 36.0 Å². The Bertz CT molecular complexity index is 2990. The van der Waals surface area contributed by atoms with Gasteiger partial charge in [0.1, 0.15) is 66.5 Å². The zero-order valence-corrected chi connectivity index (χ0v) is 54.0. The number of aromatic nitrogens is 1. The molecule has 0 aliphatic carbocycles. The number of hydrogen-bond acceptors (Lipinski definition) is 21. The molecule has 508 valence electrons. The van der Waals surface area contributed by atoms with Gasteiger partial charge in [-0.3, -0.25) is 72.3 Å². The molecule has 1 aromatic heterocycles. The molecule has 0 radical (unpaired) electrons. The van der Waals surface area contributed by atoms with Crippen LogP contribution in [-0.4, -0.2) is 232 Å². The number of guanidine groups is 2. The van der Waals surface area contributed by atoms with Crippen LogP contribution in [0.25, 0.3) is 10.9 Å². The minimum absolute atomic E-state index is 0.00710. The monoisotopic (exact) mass is 1370 g/mol. The average Bonchev–Trinajstić information content (AvgIpc) is 1.65. The van der Waals surface area contributed by atoms with E-state index in [4.69, 9.17) is 34.4 Å². The summed E-state index contributed by atoms with van der Waals surface area (Å²) >= 11 is 0. The topological polar surface area (TPSA) is 583 Å². The normalized spacial score (nSPS) is 21.8. The molecular weight excluding hydrogens is 1280 g/mol. The summed E-state index contributed by atoms with van der Waals surface area (Å²) in [5.74, 6) is -14.3. The van der Waals surface area contributed by atoms with Crippen molar-refractivity contribution in [2.75, 3.05) is 56.3 Å². The number of carboxylic acids is 1. The van der Waals surface area contributed by atoms with Crippen LogP contribution in [0.3, 0.4) is 0 Å². The second kappa shape index (κ2) is 38.5. The third kappa shape index (κ3) is 25.1. The molecule has 4 rings (SSSR count). The lowest BCUT2D eigenvalue weighted by Gasteiger charge is -2.30. The first-order chi connectivity index (χ1) is 43.7. The van der Waals surface area contributed by atoms with E-state index in [1.54, 1.807) is 36.6 Å². The zero-order chi connectivity index (χ0) is 68.2. The first-order valence-corrected chi connectivity index (χ1v) is 34.1. The number of aliphatic imine (C=N–C) groups is 2. The number of carbonyl (C=O) groups excluding carboxylic acids is 12. The molecule has 1 aromatic carbocycles. The molecule has 12 amide bonds. The summed E-state index contributed by atoms with van der Waals surface area (Å²) in [5, 5.41) is 46.0. The van der Waals surface area contributed by atoms with E-state index >= 15 is 0 Å². The highest BCUT2D eigenvalue weighted by Crippen LogP contribution is 2.25. The largest absolute Gasteiger partial charge is 0.481 e. The van der Waals surface area contributed by atoms with Gasteiger partial charge in [-0.2, -0.15) is 0 Å².